The molecule has 0 N–H and O–H groups in total. The molecular weight excluding hydrogens is 306 g/mol. The number of nitrogens with zero attached hydrogens (tertiary/aromatic N) is 7. The molecule has 0 aliphatic heterocycles. The Bertz CT molecular complexity index is 909. The van der Waals surface area contributed by atoms with Crippen LogP contribution in [0.4, 0.5) is 0 Å². The number of hydrogen-bond acceptors (Lipinski definition) is 5. The van der Waals surface area contributed by atoms with Gasteiger partial charge < -0.3 is 4.90 Å². The van der Waals surface area contributed by atoms with E-state index in [1.54, 1.807) is 14.1 Å². The molecule has 0 fully saturated rings. The van der Waals surface area contributed by atoms with Gasteiger partial charge in [-0.2, -0.15) is 9.61 Å². The fourth-order valence-electron chi connectivity index (χ4n) is 2.62. The van der Waals surface area contributed by atoms with Crippen molar-refractivity contribution in [2.24, 2.45) is 0 Å². The zero-order chi connectivity index (χ0) is 17.4. The van der Waals surface area contributed by atoms with Crippen LogP contribution < -0.4 is 0 Å². The van der Waals surface area contributed by atoms with Gasteiger partial charge in [-0.25, -0.2) is 4.68 Å². The van der Waals surface area contributed by atoms with Gasteiger partial charge in [0, 0.05) is 24.8 Å². The van der Waals surface area contributed by atoms with Crippen molar-refractivity contribution in [2.75, 3.05) is 13.6 Å². The molecule has 0 aliphatic rings. The van der Waals surface area contributed by atoms with Crippen molar-refractivity contribution in [2.45, 2.75) is 34.1 Å². The van der Waals surface area contributed by atoms with E-state index in [0.717, 1.165) is 17.0 Å². The molecule has 0 aliphatic carbocycles. The number of amides is 1. The predicted molar refractivity (Wildman–Crippen MR) is 89.1 cm³/mol. The molecule has 126 valence electrons. The maximum Gasteiger partial charge on any atom is 0.226 e. The number of fused-ring (bicyclic) bond motifs is 1. The lowest BCUT2D eigenvalue weighted by molar-refractivity contribution is -0.128. The molecule has 8 heteroatoms. The summed E-state index contributed by atoms with van der Waals surface area (Å²) in [4.78, 5) is 13.9. The van der Waals surface area contributed by atoms with Crippen molar-refractivity contribution in [3.63, 3.8) is 0 Å². The molecule has 3 rings (SSSR count). The molecular formula is C16H21N7O. The lowest BCUT2D eigenvalue weighted by Crippen LogP contribution is -2.28. The van der Waals surface area contributed by atoms with Gasteiger partial charge in [0.25, 0.3) is 0 Å². The fourth-order valence-corrected chi connectivity index (χ4v) is 2.62. The van der Waals surface area contributed by atoms with Crippen molar-refractivity contribution >= 4 is 11.6 Å². The highest BCUT2D eigenvalue weighted by Crippen LogP contribution is 2.18. The third-order valence-electron chi connectivity index (χ3n) is 4.29. The number of likely N-dealkylation sites (N-methyl/N-ethyl adjacent to an activating group) is 1. The summed E-state index contributed by atoms with van der Waals surface area (Å²) in [6.45, 7) is 8.38. The highest BCUT2D eigenvalue weighted by molar-refractivity contribution is 5.79. The molecule has 0 unspecified atom stereocenters. The molecule has 3 aromatic rings. The Kier molecular flexibility index (Phi) is 4.04. The quantitative estimate of drug-likeness (QED) is 0.720. The maximum atomic E-state index is 12.2. The summed E-state index contributed by atoms with van der Waals surface area (Å²) in [7, 11) is 1.81. The van der Waals surface area contributed by atoms with Crippen LogP contribution in [-0.4, -0.2) is 54.0 Å². The Balaban J connectivity index is 2.01. The molecule has 0 saturated heterocycles. The van der Waals surface area contributed by atoms with Crippen LogP contribution in [0.3, 0.4) is 0 Å². The van der Waals surface area contributed by atoms with Gasteiger partial charge in [-0.15, -0.1) is 15.3 Å². The molecule has 0 aromatic carbocycles. The Morgan fingerprint density at radius 3 is 2.62 bits per heavy atom. The number of aromatic nitrogens is 6. The summed E-state index contributed by atoms with van der Waals surface area (Å²) in [5.74, 6) is 1.48. The second-order valence-corrected chi connectivity index (χ2v) is 5.85. The van der Waals surface area contributed by atoms with Gasteiger partial charge in [0.05, 0.1) is 12.1 Å². The van der Waals surface area contributed by atoms with Crippen LogP contribution >= 0.6 is 0 Å². The molecule has 3 aromatic heterocycles. The van der Waals surface area contributed by atoms with Crippen molar-refractivity contribution in [1.82, 2.24) is 34.5 Å². The summed E-state index contributed by atoms with van der Waals surface area (Å²) < 4.78 is 3.45. The fraction of sp³-hybridized carbons (Fsp3) is 0.438. The molecule has 0 spiro atoms. The van der Waals surface area contributed by atoms with E-state index in [0.29, 0.717) is 30.3 Å². The first-order chi connectivity index (χ1) is 11.4. The highest BCUT2D eigenvalue weighted by atomic mass is 16.2. The summed E-state index contributed by atoms with van der Waals surface area (Å²) >= 11 is 0. The van der Waals surface area contributed by atoms with Crippen LogP contribution in [0.2, 0.25) is 0 Å². The molecule has 0 atom stereocenters. The summed E-state index contributed by atoms with van der Waals surface area (Å²) in [6.07, 6.45) is 0.343. The average molecular weight is 327 g/mol. The van der Waals surface area contributed by atoms with Gasteiger partial charge in [-0.1, -0.05) is 0 Å². The molecule has 0 bridgehead atoms. The topological polar surface area (TPSA) is 81.2 Å². The van der Waals surface area contributed by atoms with Crippen LogP contribution in [0.15, 0.2) is 12.1 Å². The molecule has 3 heterocycles. The average Bonchev–Trinajstić information content (AvgIpc) is 3.08. The third kappa shape index (κ3) is 2.64. The SMILES string of the molecule is CCN(C)C(=O)Cc1c(C)nn(-c2ccc3nnc(C)n3n2)c1C. The van der Waals surface area contributed by atoms with Gasteiger partial charge in [0.1, 0.15) is 0 Å². The minimum Gasteiger partial charge on any atom is -0.346 e. The first-order valence-corrected chi connectivity index (χ1v) is 7.90. The summed E-state index contributed by atoms with van der Waals surface area (Å²) in [6, 6.07) is 3.71. The third-order valence-corrected chi connectivity index (χ3v) is 4.29. The van der Waals surface area contributed by atoms with Crippen LogP contribution in [-0.2, 0) is 11.2 Å². The van der Waals surface area contributed by atoms with E-state index in [9.17, 15) is 4.79 Å². The van der Waals surface area contributed by atoms with Crippen molar-refractivity contribution in [3.05, 3.63) is 34.9 Å². The zero-order valence-corrected chi connectivity index (χ0v) is 14.6. The number of carbonyl (C=O) groups is 1. The van der Waals surface area contributed by atoms with Gasteiger partial charge in [0.15, 0.2) is 17.3 Å². The lowest BCUT2D eigenvalue weighted by atomic mass is 10.1. The van der Waals surface area contributed by atoms with Crippen molar-refractivity contribution in [1.29, 1.82) is 0 Å². The first-order valence-electron chi connectivity index (χ1n) is 7.90. The molecule has 24 heavy (non-hydrogen) atoms. The van der Waals surface area contributed by atoms with Gasteiger partial charge in [-0.3, -0.25) is 4.79 Å². The largest absolute Gasteiger partial charge is 0.346 e. The molecule has 0 saturated carbocycles. The maximum absolute atomic E-state index is 12.2. The van der Waals surface area contributed by atoms with E-state index in [-0.39, 0.29) is 5.91 Å². The Morgan fingerprint density at radius 2 is 1.92 bits per heavy atom. The Morgan fingerprint density at radius 1 is 1.17 bits per heavy atom. The van der Waals surface area contributed by atoms with Gasteiger partial charge in [-0.05, 0) is 39.8 Å². The van der Waals surface area contributed by atoms with Crippen LogP contribution in [0.5, 0.6) is 0 Å². The second kappa shape index (κ2) is 6.03. The van der Waals surface area contributed by atoms with E-state index < -0.39 is 0 Å². The standard InChI is InChI=1S/C16H21N7O/c1-6-21(5)16(24)9-13-10(2)19-22(11(13)3)15-8-7-14-18-17-12(4)23(14)20-15/h7-8H,6,9H2,1-5H3. The normalized spacial score (nSPS) is 11.2. The van der Waals surface area contributed by atoms with E-state index in [1.807, 2.05) is 46.9 Å². The van der Waals surface area contributed by atoms with Crippen molar-refractivity contribution in [3.8, 4) is 5.82 Å². The highest BCUT2D eigenvalue weighted by Gasteiger charge is 2.18. The first kappa shape index (κ1) is 16.1. The predicted octanol–water partition coefficient (Wildman–Crippen LogP) is 1.26. The summed E-state index contributed by atoms with van der Waals surface area (Å²) in [5, 5.41) is 17.2. The van der Waals surface area contributed by atoms with Crippen LogP contribution in [0, 0.1) is 20.8 Å². The van der Waals surface area contributed by atoms with Crippen LogP contribution in [0.25, 0.3) is 11.5 Å². The van der Waals surface area contributed by atoms with E-state index >= 15 is 0 Å². The minimum absolute atomic E-state index is 0.0846. The lowest BCUT2D eigenvalue weighted by Gasteiger charge is -2.14. The van der Waals surface area contributed by atoms with Crippen LogP contribution in [0.1, 0.15) is 29.7 Å². The zero-order valence-electron chi connectivity index (χ0n) is 14.6. The second-order valence-electron chi connectivity index (χ2n) is 5.85. The monoisotopic (exact) mass is 327 g/mol. The van der Waals surface area contributed by atoms with Gasteiger partial charge in [0.2, 0.25) is 5.91 Å². The molecule has 1 amide bonds. The van der Waals surface area contributed by atoms with Gasteiger partial charge >= 0.3 is 0 Å². The van der Waals surface area contributed by atoms with E-state index in [2.05, 4.69) is 20.4 Å². The van der Waals surface area contributed by atoms with E-state index in [4.69, 9.17) is 0 Å². The smallest absolute Gasteiger partial charge is 0.226 e. The summed E-state index contributed by atoms with van der Waals surface area (Å²) in [5.41, 5.74) is 3.40. The minimum atomic E-state index is 0.0846. The Labute approximate surface area is 140 Å². The van der Waals surface area contributed by atoms with E-state index in [1.165, 1.54) is 0 Å². The Hall–Kier alpha value is -2.77. The molecule has 8 nitrogen and oxygen atoms in total. The number of carbonyl (C=O) groups excluding carboxylic acids is 1. The van der Waals surface area contributed by atoms with Crippen molar-refractivity contribution < 1.29 is 4.79 Å². The number of aryl methyl sites for hydroxylation is 2. The molecule has 0 radical (unpaired) electrons. The number of rotatable bonds is 4. The number of hydrogen-bond donors (Lipinski definition) is 0.